The smallest absolute Gasteiger partial charge is 0.326 e. The number of guanidine groups is 1. The standard InChI is InChI=1S/C23H43N7O5/c1-5-14(4)18(30-19(31)15-8-6-10-26-15)21(33)28-16(9-7-11-27-23(24)25)20(32)29-17(22(34)35)12-13(2)3/h13-18,26H,5-12H2,1-4H3,(H,28,33)(H,29,32)(H,30,31)(H,34,35)(H4,24,25,27). The number of nitrogens with zero attached hydrogens (tertiary/aromatic N) is 1. The Morgan fingerprint density at radius 3 is 2.23 bits per heavy atom. The molecule has 200 valence electrons. The van der Waals surface area contributed by atoms with Crippen LogP contribution < -0.4 is 32.7 Å². The molecule has 1 aliphatic heterocycles. The highest BCUT2D eigenvalue weighted by atomic mass is 16.4. The van der Waals surface area contributed by atoms with Crippen molar-refractivity contribution in [3.8, 4) is 0 Å². The van der Waals surface area contributed by atoms with E-state index in [2.05, 4.69) is 26.3 Å². The molecule has 1 heterocycles. The normalized spacial score (nSPS) is 18.7. The number of amides is 3. The summed E-state index contributed by atoms with van der Waals surface area (Å²) in [6.45, 7) is 8.47. The molecule has 0 saturated carbocycles. The van der Waals surface area contributed by atoms with Gasteiger partial charge in [-0.3, -0.25) is 19.4 Å². The van der Waals surface area contributed by atoms with E-state index in [1.165, 1.54) is 0 Å². The first-order valence-corrected chi connectivity index (χ1v) is 12.4. The molecule has 1 fully saturated rings. The van der Waals surface area contributed by atoms with Crippen LogP contribution in [-0.4, -0.2) is 72.0 Å². The minimum atomic E-state index is -1.15. The number of nitrogens with one attached hydrogen (secondary N) is 4. The summed E-state index contributed by atoms with van der Waals surface area (Å²) in [4.78, 5) is 54.4. The van der Waals surface area contributed by atoms with Crippen LogP contribution in [0.1, 0.15) is 66.2 Å². The Morgan fingerprint density at radius 1 is 1.06 bits per heavy atom. The third-order valence-corrected chi connectivity index (χ3v) is 6.07. The first-order chi connectivity index (χ1) is 16.5. The number of carboxylic acid groups (broad SMARTS) is 1. The van der Waals surface area contributed by atoms with Gasteiger partial charge in [-0.05, 0) is 50.5 Å². The second-order valence-electron chi connectivity index (χ2n) is 9.56. The van der Waals surface area contributed by atoms with E-state index in [0.29, 0.717) is 19.3 Å². The van der Waals surface area contributed by atoms with Crippen LogP contribution in [-0.2, 0) is 19.2 Å². The highest BCUT2D eigenvalue weighted by molar-refractivity contribution is 5.94. The third kappa shape index (κ3) is 10.9. The minimum absolute atomic E-state index is 0.0421. The van der Waals surface area contributed by atoms with E-state index in [0.717, 1.165) is 13.0 Å². The van der Waals surface area contributed by atoms with Gasteiger partial charge in [-0.15, -0.1) is 0 Å². The van der Waals surface area contributed by atoms with Gasteiger partial charge in [-0.1, -0.05) is 34.1 Å². The maximum Gasteiger partial charge on any atom is 0.326 e. The zero-order chi connectivity index (χ0) is 26.5. The van der Waals surface area contributed by atoms with Gasteiger partial charge in [0.15, 0.2) is 5.96 Å². The number of aliphatic imine (C=N–C) groups is 1. The summed E-state index contributed by atoms with van der Waals surface area (Å²) in [5, 5.41) is 20.7. The average Bonchev–Trinajstić information content (AvgIpc) is 3.32. The molecule has 0 aromatic heterocycles. The zero-order valence-electron chi connectivity index (χ0n) is 21.3. The molecule has 12 nitrogen and oxygen atoms in total. The highest BCUT2D eigenvalue weighted by Crippen LogP contribution is 2.12. The Bertz CT molecular complexity index is 749. The molecule has 1 rings (SSSR count). The fourth-order valence-electron chi connectivity index (χ4n) is 3.86. The van der Waals surface area contributed by atoms with E-state index >= 15 is 0 Å². The van der Waals surface area contributed by atoms with E-state index in [1.807, 2.05) is 27.7 Å². The van der Waals surface area contributed by atoms with Crippen LogP contribution in [0.2, 0.25) is 0 Å². The molecule has 0 radical (unpaired) electrons. The van der Waals surface area contributed by atoms with Gasteiger partial charge < -0.3 is 37.8 Å². The number of aliphatic carboxylic acids is 1. The first kappa shape index (κ1) is 30.1. The lowest BCUT2D eigenvalue weighted by Gasteiger charge is -2.28. The molecule has 0 aromatic rings. The topological polar surface area (TPSA) is 201 Å². The first-order valence-electron chi connectivity index (χ1n) is 12.4. The summed E-state index contributed by atoms with van der Waals surface area (Å²) in [7, 11) is 0. The van der Waals surface area contributed by atoms with E-state index < -0.39 is 35.9 Å². The summed E-state index contributed by atoms with van der Waals surface area (Å²) >= 11 is 0. The van der Waals surface area contributed by atoms with Gasteiger partial charge >= 0.3 is 5.97 Å². The molecule has 0 spiro atoms. The summed E-state index contributed by atoms with van der Waals surface area (Å²) in [5.74, 6) is -2.73. The average molecular weight is 498 g/mol. The summed E-state index contributed by atoms with van der Waals surface area (Å²) in [6, 6.07) is -3.29. The number of carbonyl (C=O) groups is 4. The Hall–Kier alpha value is -2.89. The SMILES string of the molecule is CCC(C)C(NC(=O)C1CCCN1)C(=O)NC(CCCN=C(N)N)C(=O)NC(CC(C)C)C(=O)O. The quantitative estimate of drug-likeness (QED) is 0.0884. The van der Waals surface area contributed by atoms with Crippen molar-refractivity contribution in [2.24, 2.45) is 28.3 Å². The van der Waals surface area contributed by atoms with Crippen molar-refractivity contribution >= 4 is 29.7 Å². The van der Waals surface area contributed by atoms with Crippen molar-refractivity contribution in [3.63, 3.8) is 0 Å². The van der Waals surface area contributed by atoms with Crippen LogP contribution in [0.25, 0.3) is 0 Å². The van der Waals surface area contributed by atoms with E-state index in [9.17, 15) is 24.3 Å². The summed E-state index contributed by atoms with van der Waals surface area (Å²) in [6.07, 6.45) is 3.03. The molecule has 0 bridgehead atoms. The molecule has 1 aliphatic rings. The van der Waals surface area contributed by atoms with Gasteiger partial charge in [0.05, 0.1) is 6.04 Å². The van der Waals surface area contributed by atoms with Gasteiger partial charge in [0.1, 0.15) is 18.1 Å². The molecular weight excluding hydrogens is 454 g/mol. The van der Waals surface area contributed by atoms with Gasteiger partial charge in [0, 0.05) is 6.54 Å². The molecule has 0 aliphatic carbocycles. The number of carboxylic acids is 1. The number of rotatable bonds is 15. The molecule has 35 heavy (non-hydrogen) atoms. The monoisotopic (exact) mass is 497 g/mol. The van der Waals surface area contributed by atoms with E-state index in [-0.39, 0.29) is 49.1 Å². The predicted octanol–water partition coefficient (Wildman–Crippen LogP) is -0.577. The van der Waals surface area contributed by atoms with Crippen LogP contribution in [0.4, 0.5) is 0 Å². The summed E-state index contributed by atoms with van der Waals surface area (Å²) in [5.41, 5.74) is 10.7. The molecule has 9 N–H and O–H groups in total. The molecule has 1 saturated heterocycles. The highest BCUT2D eigenvalue weighted by Gasteiger charge is 2.33. The van der Waals surface area contributed by atoms with Crippen LogP contribution in [0, 0.1) is 11.8 Å². The molecule has 5 unspecified atom stereocenters. The molecule has 3 amide bonds. The molecule has 12 heteroatoms. The van der Waals surface area contributed by atoms with Crippen molar-refractivity contribution in [2.75, 3.05) is 13.1 Å². The van der Waals surface area contributed by atoms with Gasteiger partial charge in [-0.2, -0.15) is 0 Å². The fraction of sp³-hybridized carbons (Fsp3) is 0.783. The van der Waals surface area contributed by atoms with Gasteiger partial charge in [0.2, 0.25) is 17.7 Å². The van der Waals surface area contributed by atoms with Crippen LogP contribution >= 0.6 is 0 Å². The van der Waals surface area contributed by atoms with Crippen molar-refractivity contribution in [1.82, 2.24) is 21.3 Å². The van der Waals surface area contributed by atoms with Gasteiger partial charge in [-0.25, -0.2) is 4.79 Å². The number of hydrogen-bond acceptors (Lipinski definition) is 6. The predicted molar refractivity (Wildman–Crippen MR) is 133 cm³/mol. The summed E-state index contributed by atoms with van der Waals surface area (Å²) < 4.78 is 0. The third-order valence-electron chi connectivity index (χ3n) is 6.07. The lowest BCUT2D eigenvalue weighted by Crippen LogP contribution is -2.58. The number of hydrogen-bond donors (Lipinski definition) is 7. The maximum atomic E-state index is 13.2. The zero-order valence-corrected chi connectivity index (χ0v) is 21.3. The van der Waals surface area contributed by atoms with Crippen LogP contribution in [0.5, 0.6) is 0 Å². The number of carbonyl (C=O) groups excluding carboxylic acids is 3. The Balaban J connectivity index is 2.99. The molecule has 5 atom stereocenters. The van der Waals surface area contributed by atoms with Crippen molar-refractivity contribution in [1.29, 1.82) is 0 Å². The van der Waals surface area contributed by atoms with Crippen molar-refractivity contribution in [2.45, 2.75) is 90.4 Å². The largest absolute Gasteiger partial charge is 0.480 e. The van der Waals surface area contributed by atoms with Crippen molar-refractivity contribution in [3.05, 3.63) is 0 Å². The maximum absolute atomic E-state index is 13.2. The van der Waals surface area contributed by atoms with Gasteiger partial charge in [0.25, 0.3) is 0 Å². The molecule has 0 aromatic carbocycles. The van der Waals surface area contributed by atoms with E-state index in [1.54, 1.807) is 0 Å². The van der Waals surface area contributed by atoms with Crippen molar-refractivity contribution < 1.29 is 24.3 Å². The fourth-order valence-corrected chi connectivity index (χ4v) is 3.86. The Kier molecular flexibility index (Phi) is 13.1. The minimum Gasteiger partial charge on any atom is -0.480 e. The lowest BCUT2D eigenvalue weighted by molar-refractivity contribution is -0.143. The van der Waals surface area contributed by atoms with Crippen LogP contribution in [0.15, 0.2) is 4.99 Å². The Morgan fingerprint density at radius 2 is 1.71 bits per heavy atom. The van der Waals surface area contributed by atoms with E-state index in [4.69, 9.17) is 11.5 Å². The number of nitrogens with two attached hydrogens (primary N) is 2. The second-order valence-corrected chi connectivity index (χ2v) is 9.56. The Labute approximate surface area is 207 Å². The lowest BCUT2D eigenvalue weighted by atomic mass is 9.97. The van der Waals surface area contributed by atoms with Crippen LogP contribution in [0.3, 0.4) is 0 Å². The molecular formula is C23H43N7O5. The second kappa shape index (κ2) is 15.2.